The molecule has 1 heterocycles. The number of nitrogens with zero attached hydrogens (tertiary/aromatic N) is 1. The lowest BCUT2D eigenvalue weighted by atomic mass is 9.94. The van der Waals surface area contributed by atoms with Crippen molar-refractivity contribution < 1.29 is 19.0 Å². The second-order valence-corrected chi connectivity index (χ2v) is 9.87. The number of aliphatic hydroxyl groups is 1. The Kier molecular flexibility index (Phi) is 7.62. The summed E-state index contributed by atoms with van der Waals surface area (Å²) in [6.45, 7) is 9.02. The number of hydrogen-bond acceptors (Lipinski definition) is 3. The number of aromatic nitrogens is 1. The van der Waals surface area contributed by atoms with Crippen LogP contribution in [0.3, 0.4) is 0 Å². The summed E-state index contributed by atoms with van der Waals surface area (Å²) in [6.07, 6.45) is -0.641. The Balaban J connectivity index is 2.08. The lowest BCUT2D eigenvalue weighted by molar-refractivity contribution is -0.220. The maximum absolute atomic E-state index is 14.0. The molecule has 0 aliphatic heterocycles. The molecule has 1 atom stereocenters. The largest absolute Gasteiger partial charge is 0.366 e. The molecular weight excluding hydrogens is 467 g/mol. The van der Waals surface area contributed by atoms with Crippen LogP contribution in [-0.2, 0) is 4.74 Å². The van der Waals surface area contributed by atoms with Crippen molar-refractivity contribution in [3.63, 3.8) is 0 Å². The van der Waals surface area contributed by atoms with Gasteiger partial charge in [0.25, 0.3) is 5.91 Å². The van der Waals surface area contributed by atoms with Crippen LogP contribution in [0.5, 0.6) is 0 Å². The van der Waals surface area contributed by atoms with Gasteiger partial charge in [-0.3, -0.25) is 4.79 Å². The quantitative estimate of drug-likeness (QED) is 0.245. The lowest BCUT2D eigenvalue weighted by Crippen LogP contribution is -2.29. The van der Waals surface area contributed by atoms with E-state index in [1.807, 2.05) is 86.0 Å². The molecule has 5 nitrogen and oxygen atoms in total. The zero-order valence-corrected chi connectivity index (χ0v) is 21.8. The Hall–Kier alpha value is -3.74. The van der Waals surface area contributed by atoms with Gasteiger partial charge in [0.05, 0.1) is 11.3 Å². The van der Waals surface area contributed by atoms with Crippen molar-refractivity contribution in [2.75, 3.05) is 5.32 Å². The van der Waals surface area contributed by atoms with Crippen LogP contribution in [-0.4, -0.2) is 21.4 Å². The van der Waals surface area contributed by atoms with Gasteiger partial charge in [0.1, 0.15) is 12.0 Å². The van der Waals surface area contributed by atoms with E-state index in [9.17, 15) is 14.3 Å². The first kappa shape index (κ1) is 26.3. The van der Waals surface area contributed by atoms with Gasteiger partial charge in [-0.25, -0.2) is 4.39 Å². The molecule has 0 aliphatic carbocycles. The number of hydrogen-bond donors (Lipinski definition) is 2. The number of ether oxygens (including phenoxy) is 1. The number of carbonyl (C=O) groups excluding carboxylic acids is 1. The third-order valence-electron chi connectivity index (χ3n) is 6.05. The average Bonchev–Trinajstić information content (AvgIpc) is 3.21. The smallest absolute Gasteiger partial charge is 0.258 e. The molecule has 3 aromatic carbocycles. The van der Waals surface area contributed by atoms with Crippen molar-refractivity contribution in [2.24, 2.45) is 0 Å². The fraction of sp³-hybridized carbons (Fsp3) is 0.258. The minimum absolute atomic E-state index is 0.0824. The molecule has 37 heavy (non-hydrogen) atoms. The number of anilines is 1. The first-order chi connectivity index (χ1) is 17.6. The predicted octanol–water partition coefficient (Wildman–Crippen LogP) is 7.60. The number of rotatable bonds is 8. The topological polar surface area (TPSA) is 63.5 Å². The molecule has 0 bridgehead atoms. The zero-order chi connectivity index (χ0) is 26.7. The summed E-state index contributed by atoms with van der Waals surface area (Å²) in [5.41, 5.74) is 4.95. The maximum atomic E-state index is 14.0. The molecule has 0 saturated heterocycles. The normalized spacial score (nSPS) is 12.5. The molecule has 0 fully saturated rings. The van der Waals surface area contributed by atoms with E-state index in [4.69, 9.17) is 4.74 Å². The van der Waals surface area contributed by atoms with Crippen molar-refractivity contribution >= 4 is 11.6 Å². The van der Waals surface area contributed by atoms with E-state index in [0.29, 0.717) is 16.9 Å². The monoisotopic (exact) mass is 500 g/mol. The van der Waals surface area contributed by atoms with E-state index >= 15 is 0 Å². The summed E-state index contributed by atoms with van der Waals surface area (Å²) in [4.78, 5) is 14.0. The van der Waals surface area contributed by atoms with Gasteiger partial charge in [-0.05, 0) is 74.2 Å². The van der Waals surface area contributed by atoms with Crippen LogP contribution in [0.4, 0.5) is 10.1 Å². The summed E-state index contributed by atoms with van der Waals surface area (Å²) < 4.78 is 21.9. The highest BCUT2D eigenvalue weighted by Gasteiger charge is 2.33. The number of para-hydroxylation sites is 1. The van der Waals surface area contributed by atoms with Crippen molar-refractivity contribution in [3.05, 3.63) is 102 Å². The van der Waals surface area contributed by atoms with E-state index in [-0.39, 0.29) is 17.6 Å². The molecule has 0 aliphatic rings. The van der Waals surface area contributed by atoms with E-state index in [1.54, 1.807) is 26.0 Å². The molecule has 0 radical (unpaired) electrons. The summed E-state index contributed by atoms with van der Waals surface area (Å²) in [6, 6.07) is 25.2. The Bertz CT molecular complexity index is 1360. The standard InChI is InChI=1S/C31H33FN2O3/c1-20(2)28-27(30(35)33-25-14-10-7-11-15-25)26(22-12-8-6-9-13-22)29(23-16-18-24(32)19-17-23)34(28)21(3)37-31(4,5)36/h6-21,36H,1-5H3,(H,33,35). The van der Waals surface area contributed by atoms with Gasteiger partial charge in [-0.1, -0.05) is 62.4 Å². The number of nitrogens with one attached hydrogen (secondary N) is 1. The Morgan fingerprint density at radius 1 is 0.892 bits per heavy atom. The number of amides is 1. The fourth-order valence-electron chi connectivity index (χ4n) is 4.74. The van der Waals surface area contributed by atoms with Crippen LogP contribution >= 0.6 is 0 Å². The molecule has 1 unspecified atom stereocenters. The molecule has 4 rings (SSSR count). The second-order valence-electron chi connectivity index (χ2n) is 9.87. The number of benzene rings is 3. The van der Waals surface area contributed by atoms with Gasteiger partial charge < -0.3 is 19.7 Å². The highest BCUT2D eigenvalue weighted by molar-refractivity contribution is 6.12. The highest BCUT2D eigenvalue weighted by atomic mass is 19.1. The van der Waals surface area contributed by atoms with Crippen LogP contribution < -0.4 is 5.32 Å². The zero-order valence-electron chi connectivity index (χ0n) is 21.8. The maximum Gasteiger partial charge on any atom is 0.258 e. The fourth-order valence-corrected chi connectivity index (χ4v) is 4.74. The van der Waals surface area contributed by atoms with Crippen LogP contribution in [0.25, 0.3) is 22.4 Å². The molecular formula is C31H33FN2O3. The van der Waals surface area contributed by atoms with Crippen LogP contribution in [0, 0.1) is 5.82 Å². The SMILES string of the molecule is CC(C)c1c(C(=O)Nc2ccccc2)c(-c2ccccc2)c(-c2ccc(F)cc2)n1C(C)OC(C)(C)O. The summed E-state index contributed by atoms with van der Waals surface area (Å²) in [5.74, 6) is -2.11. The minimum atomic E-state index is -1.42. The first-order valence-electron chi connectivity index (χ1n) is 12.4. The first-order valence-corrected chi connectivity index (χ1v) is 12.4. The van der Waals surface area contributed by atoms with Crippen LogP contribution in [0.15, 0.2) is 84.9 Å². The van der Waals surface area contributed by atoms with Gasteiger partial charge in [-0.15, -0.1) is 0 Å². The van der Waals surface area contributed by atoms with Crippen molar-refractivity contribution in [2.45, 2.75) is 52.6 Å². The lowest BCUT2D eigenvalue weighted by Gasteiger charge is -2.29. The third-order valence-corrected chi connectivity index (χ3v) is 6.05. The molecule has 1 amide bonds. The molecule has 2 N–H and O–H groups in total. The van der Waals surface area contributed by atoms with Crippen molar-refractivity contribution in [3.8, 4) is 22.4 Å². The Morgan fingerprint density at radius 2 is 1.46 bits per heavy atom. The van der Waals surface area contributed by atoms with E-state index in [1.165, 1.54) is 12.1 Å². The molecule has 6 heteroatoms. The van der Waals surface area contributed by atoms with Gasteiger partial charge in [-0.2, -0.15) is 0 Å². The van der Waals surface area contributed by atoms with Crippen molar-refractivity contribution in [1.82, 2.24) is 4.57 Å². The van der Waals surface area contributed by atoms with E-state index in [2.05, 4.69) is 5.32 Å². The van der Waals surface area contributed by atoms with Gasteiger partial charge in [0.15, 0.2) is 5.79 Å². The van der Waals surface area contributed by atoms with Crippen molar-refractivity contribution in [1.29, 1.82) is 0 Å². The Labute approximate surface area is 217 Å². The third kappa shape index (κ3) is 5.82. The summed E-state index contributed by atoms with van der Waals surface area (Å²) >= 11 is 0. The molecule has 0 saturated carbocycles. The number of halogens is 1. The predicted molar refractivity (Wildman–Crippen MR) is 146 cm³/mol. The molecule has 4 aromatic rings. The Morgan fingerprint density at radius 3 is 2.00 bits per heavy atom. The minimum Gasteiger partial charge on any atom is -0.366 e. The van der Waals surface area contributed by atoms with E-state index < -0.39 is 12.0 Å². The van der Waals surface area contributed by atoms with Crippen LogP contribution in [0.1, 0.15) is 62.8 Å². The van der Waals surface area contributed by atoms with E-state index in [0.717, 1.165) is 22.4 Å². The molecule has 0 spiro atoms. The molecule has 1 aromatic heterocycles. The average molecular weight is 501 g/mol. The molecule has 192 valence electrons. The van der Waals surface area contributed by atoms with Gasteiger partial charge >= 0.3 is 0 Å². The number of carbonyl (C=O) groups is 1. The highest BCUT2D eigenvalue weighted by Crippen LogP contribution is 2.44. The van der Waals surface area contributed by atoms with Crippen LogP contribution in [0.2, 0.25) is 0 Å². The summed E-state index contributed by atoms with van der Waals surface area (Å²) in [7, 11) is 0. The van der Waals surface area contributed by atoms with Gasteiger partial charge in [0, 0.05) is 16.9 Å². The van der Waals surface area contributed by atoms with Gasteiger partial charge in [0.2, 0.25) is 0 Å². The second kappa shape index (κ2) is 10.7. The summed E-state index contributed by atoms with van der Waals surface area (Å²) in [5, 5.41) is 13.6.